The topological polar surface area (TPSA) is 63.6 Å². The van der Waals surface area contributed by atoms with E-state index in [1.165, 1.54) is 6.07 Å². The van der Waals surface area contributed by atoms with Crippen LogP contribution in [0.5, 0.6) is 0 Å². The van der Waals surface area contributed by atoms with E-state index >= 15 is 0 Å². The Morgan fingerprint density at radius 1 is 1.19 bits per heavy atom. The fourth-order valence-electron chi connectivity index (χ4n) is 4.36. The van der Waals surface area contributed by atoms with Crippen molar-refractivity contribution in [1.82, 2.24) is 15.0 Å². The number of anilines is 2. The molecule has 0 bridgehead atoms. The molecule has 0 saturated carbocycles. The third-order valence-corrected chi connectivity index (χ3v) is 6.86. The molecule has 0 spiro atoms. The number of aromatic nitrogens is 3. The van der Waals surface area contributed by atoms with Crippen LogP contribution in [-0.4, -0.2) is 60.4 Å². The normalized spacial score (nSPS) is 22.0. The summed E-state index contributed by atoms with van der Waals surface area (Å²) in [5, 5.41) is 3.50. The number of fused-ring (bicyclic) bond motifs is 1. The zero-order valence-corrected chi connectivity index (χ0v) is 19.3. The van der Waals surface area contributed by atoms with Gasteiger partial charge in [-0.2, -0.15) is 4.98 Å². The van der Waals surface area contributed by atoms with Crippen molar-refractivity contribution in [2.24, 2.45) is 5.92 Å². The Bertz CT molecular complexity index is 1090. The average molecular weight is 458 g/mol. The van der Waals surface area contributed by atoms with Crippen molar-refractivity contribution in [3.8, 4) is 0 Å². The summed E-state index contributed by atoms with van der Waals surface area (Å²) in [7, 11) is 0. The van der Waals surface area contributed by atoms with E-state index in [1.54, 1.807) is 17.4 Å². The Morgan fingerprint density at radius 3 is 2.94 bits per heavy atom. The van der Waals surface area contributed by atoms with E-state index in [0.717, 1.165) is 43.4 Å². The van der Waals surface area contributed by atoms with Gasteiger partial charge in [0.1, 0.15) is 16.6 Å². The van der Waals surface area contributed by atoms with Gasteiger partial charge in [-0.05, 0) is 31.4 Å². The van der Waals surface area contributed by atoms with Crippen molar-refractivity contribution in [2.75, 3.05) is 49.2 Å². The molecule has 2 aliphatic rings. The molecule has 9 heteroatoms. The second kappa shape index (κ2) is 9.25. The van der Waals surface area contributed by atoms with Crippen LogP contribution in [0.4, 0.5) is 16.2 Å². The maximum Gasteiger partial charge on any atom is 0.227 e. The predicted octanol–water partition coefficient (Wildman–Crippen LogP) is 3.80. The first-order chi connectivity index (χ1) is 15.6. The van der Waals surface area contributed by atoms with Crippen LogP contribution in [0.3, 0.4) is 0 Å². The maximum absolute atomic E-state index is 14.9. The highest BCUT2D eigenvalue weighted by molar-refractivity contribution is 7.09. The number of hydrogen-bond donors (Lipinski definition) is 0. The first-order valence-corrected chi connectivity index (χ1v) is 12.0. The molecule has 2 atom stereocenters. The number of benzene rings is 1. The van der Waals surface area contributed by atoms with Gasteiger partial charge in [-0.25, -0.2) is 14.4 Å². The number of hydrogen-bond acceptors (Lipinski definition) is 8. The van der Waals surface area contributed by atoms with Crippen LogP contribution in [-0.2, 0) is 16.1 Å². The Morgan fingerprint density at radius 2 is 2.09 bits per heavy atom. The van der Waals surface area contributed by atoms with E-state index in [9.17, 15) is 4.39 Å². The third kappa shape index (κ3) is 4.55. The summed E-state index contributed by atoms with van der Waals surface area (Å²) in [6.07, 6.45) is 0.930. The molecule has 2 unspecified atom stereocenters. The van der Waals surface area contributed by atoms with Crippen molar-refractivity contribution in [2.45, 2.75) is 33.0 Å². The Hall–Kier alpha value is -2.36. The quantitative estimate of drug-likeness (QED) is 0.577. The van der Waals surface area contributed by atoms with Crippen LogP contribution >= 0.6 is 11.3 Å². The van der Waals surface area contributed by atoms with E-state index in [0.29, 0.717) is 48.3 Å². The van der Waals surface area contributed by atoms with E-state index < -0.39 is 0 Å². The summed E-state index contributed by atoms with van der Waals surface area (Å²) < 4.78 is 26.7. The smallest absolute Gasteiger partial charge is 0.227 e. The minimum absolute atomic E-state index is 0.0612. The predicted molar refractivity (Wildman–Crippen MR) is 124 cm³/mol. The lowest BCUT2D eigenvalue weighted by molar-refractivity contribution is 0.0552. The molecule has 0 amide bonds. The van der Waals surface area contributed by atoms with Gasteiger partial charge in [-0.15, -0.1) is 11.3 Å². The largest absolute Gasteiger partial charge is 0.379 e. The highest BCUT2D eigenvalue weighted by Gasteiger charge is 2.28. The van der Waals surface area contributed by atoms with Crippen molar-refractivity contribution >= 4 is 34.0 Å². The summed E-state index contributed by atoms with van der Waals surface area (Å²) >= 11 is 1.62. The minimum atomic E-state index is -0.292. The minimum Gasteiger partial charge on any atom is -0.379 e. The fraction of sp³-hybridized carbons (Fsp3) is 0.522. The molecule has 170 valence electrons. The second-order valence-corrected chi connectivity index (χ2v) is 9.60. The van der Waals surface area contributed by atoms with Crippen LogP contribution in [0.2, 0.25) is 0 Å². The van der Waals surface area contributed by atoms with Crippen LogP contribution in [0.25, 0.3) is 10.9 Å². The molecule has 7 nitrogen and oxygen atoms in total. The standard InChI is InChI=1S/C23H28FN5O2S/c1-15-10-29(8-9-30-12-15)23-26-19-5-3-4-18(24)21(19)22(27-23)28-7-6-17(11-28)31-13-20-25-16(2)14-32-20/h3-5,14-15,17H,6-13H2,1-2H3. The molecule has 0 aliphatic carbocycles. The van der Waals surface area contributed by atoms with Crippen molar-refractivity contribution in [3.63, 3.8) is 0 Å². The first kappa shape index (κ1) is 21.5. The molecule has 2 aromatic heterocycles. The van der Waals surface area contributed by atoms with E-state index in [-0.39, 0.29) is 11.9 Å². The SMILES string of the molecule is Cc1csc(COC2CCN(c3nc(N4CCOCC(C)C4)nc4cccc(F)c34)C2)n1. The second-order valence-electron chi connectivity index (χ2n) is 8.66. The van der Waals surface area contributed by atoms with Gasteiger partial charge in [-0.1, -0.05) is 13.0 Å². The Labute approximate surface area is 191 Å². The molecule has 4 heterocycles. The number of thiazole rings is 1. The van der Waals surface area contributed by atoms with Crippen LogP contribution in [0, 0.1) is 18.7 Å². The molecule has 2 saturated heterocycles. The summed E-state index contributed by atoms with van der Waals surface area (Å²) in [6.45, 7) is 9.00. The zero-order chi connectivity index (χ0) is 22.1. The van der Waals surface area contributed by atoms with E-state index in [1.807, 2.05) is 18.4 Å². The number of nitrogens with zero attached hydrogens (tertiary/aromatic N) is 5. The number of halogens is 1. The van der Waals surface area contributed by atoms with E-state index in [4.69, 9.17) is 19.4 Å². The molecule has 5 rings (SSSR count). The third-order valence-electron chi connectivity index (χ3n) is 5.92. The lowest BCUT2D eigenvalue weighted by atomic mass is 10.2. The highest BCUT2D eigenvalue weighted by Crippen LogP contribution is 2.32. The van der Waals surface area contributed by atoms with Crippen molar-refractivity contribution in [3.05, 3.63) is 40.1 Å². The summed E-state index contributed by atoms with van der Waals surface area (Å²) in [5.74, 6) is 1.38. The van der Waals surface area contributed by atoms with Crippen LogP contribution in [0.1, 0.15) is 24.0 Å². The molecule has 32 heavy (non-hydrogen) atoms. The van der Waals surface area contributed by atoms with Gasteiger partial charge in [0.05, 0.1) is 36.8 Å². The van der Waals surface area contributed by atoms with Crippen LogP contribution < -0.4 is 9.80 Å². The zero-order valence-electron chi connectivity index (χ0n) is 18.5. The van der Waals surface area contributed by atoms with Crippen LogP contribution in [0.15, 0.2) is 23.6 Å². The van der Waals surface area contributed by atoms with Crippen molar-refractivity contribution in [1.29, 1.82) is 0 Å². The molecular formula is C23H28FN5O2S. The molecular weight excluding hydrogens is 429 g/mol. The lowest BCUT2D eigenvalue weighted by Gasteiger charge is -2.25. The van der Waals surface area contributed by atoms with Gasteiger partial charge >= 0.3 is 0 Å². The highest BCUT2D eigenvalue weighted by atomic mass is 32.1. The number of aryl methyl sites for hydroxylation is 1. The summed E-state index contributed by atoms with van der Waals surface area (Å²) in [6, 6.07) is 5.05. The molecule has 3 aromatic rings. The van der Waals surface area contributed by atoms with Crippen molar-refractivity contribution < 1.29 is 13.9 Å². The monoisotopic (exact) mass is 457 g/mol. The Kier molecular flexibility index (Phi) is 6.21. The summed E-state index contributed by atoms with van der Waals surface area (Å²) in [4.78, 5) is 18.4. The first-order valence-electron chi connectivity index (χ1n) is 11.1. The average Bonchev–Trinajstić information content (AvgIpc) is 3.36. The van der Waals surface area contributed by atoms with Gasteiger partial charge in [0.15, 0.2) is 0 Å². The molecule has 1 aromatic carbocycles. The number of rotatable bonds is 5. The fourth-order valence-corrected chi connectivity index (χ4v) is 5.05. The van der Waals surface area contributed by atoms with E-state index in [2.05, 4.69) is 21.7 Å². The van der Waals surface area contributed by atoms with Gasteiger partial charge in [0, 0.05) is 37.3 Å². The Balaban J connectivity index is 1.40. The molecule has 0 radical (unpaired) electrons. The molecule has 2 aliphatic heterocycles. The summed E-state index contributed by atoms with van der Waals surface area (Å²) in [5.41, 5.74) is 1.65. The van der Waals surface area contributed by atoms with Gasteiger partial charge < -0.3 is 19.3 Å². The molecule has 2 fully saturated rings. The lowest BCUT2D eigenvalue weighted by Crippen LogP contribution is -2.32. The van der Waals surface area contributed by atoms with Gasteiger partial charge in [-0.3, -0.25) is 0 Å². The number of ether oxygens (including phenoxy) is 2. The van der Waals surface area contributed by atoms with Gasteiger partial charge in [0.2, 0.25) is 5.95 Å². The maximum atomic E-state index is 14.9. The molecule has 0 N–H and O–H groups in total. The van der Waals surface area contributed by atoms with Gasteiger partial charge in [0.25, 0.3) is 0 Å².